The summed E-state index contributed by atoms with van der Waals surface area (Å²) in [6, 6.07) is 10.0. The van der Waals surface area contributed by atoms with Gasteiger partial charge < -0.3 is 4.90 Å². The highest BCUT2D eigenvalue weighted by Gasteiger charge is 2.24. The molecule has 0 atom stereocenters. The van der Waals surface area contributed by atoms with Gasteiger partial charge >= 0.3 is 0 Å². The van der Waals surface area contributed by atoms with E-state index in [1.54, 1.807) is 11.8 Å². The second-order valence-electron chi connectivity index (χ2n) is 4.41. The average Bonchev–Trinajstić information content (AvgIpc) is 3.08. The van der Waals surface area contributed by atoms with E-state index in [9.17, 15) is 4.79 Å². The normalized spacial score (nSPS) is 14.9. The zero-order chi connectivity index (χ0) is 13.2. The number of rotatable bonds is 2. The Morgan fingerprint density at radius 2 is 2.11 bits per heavy atom. The first-order valence-electron chi connectivity index (χ1n) is 6.15. The second-order valence-corrected chi connectivity index (χ2v) is 6.48. The lowest BCUT2D eigenvalue weighted by Crippen LogP contribution is -2.27. The van der Waals surface area contributed by atoms with Crippen LogP contribution in [0.4, 0.5) is 0 Å². The minimum atomic E-state index is 0.127. The monoisotopic (exact) mass is 290 g/mol. The van der Waals surface area contributed by atoms with Gasteiger partial charge in [0.2, 0.25) is 0 Å². The zero-order valence-electron chi connectivity index (χ0n) is 10.6. The first-order valence-corrected chi connectivity index (χ1v) is 8.12. The Morgan fingerprint density at radius 1 is 1.32 bits per heavy atom. The Balaban J connectivity index is 1.91. The number of hydrogen-bond acceptors (Lipinski definition) is 4. The standard InChI is InChI=1S/C14H14N2OS2/c1-10-12(14(17)16-7-8-18-9-16)19-13(15-10)11-5-3-2-4-6-11/h2-6H,7-9H2,1H3. The van der Waals surface area contributed by atoms with Gasteiger partial charge in [-0.15, -0.1) is 23.1 Å². The van der Waals surface area contributed by atoms with Gasteiger partial charge in [-0.05, 0) is 6.92 Å². The largest absolute Gasteiger partial charge is 0.328 e. The molecule has 19 heavy (non-hydrogen) atoms. The van der Waals surface area contributed by atoms with Crippen molar-refractivity contribution in [3.05, 3.63) is 40.9 Å². The predicted molar refractivity (Wildman–Crippen MR) is 80.6 cm³/mol. The summed E-state index contributed by atoms with van der Waals surface area (Å²) in [5.74, 6) is 1.97. The maximum Gasteiger partial charge on any atom is 0.266 e. The average molecular weight is 290 g/mol. The van der Waals surface area contributed by atoms with E-state index in [0.717, 1.165) is 39.3 Å². The van der Waals surface area contributed by atoms with Crippen molar-refractivity contribution in [3.8, 4) is 10.6 Å². The molecular weight excluding hydrogens is 276 g/mol. The zero-order valence-corrected chi connectivity index (χ0v) is 12.3. The number of nitrogens with zero attached hydrogens (tertiary/aromatic N) is 2. The highest BCUT2D eigenvalue weighted by atomic mass is 32.2. The van der Waals surface area contributed by atoms with Gasteiger partial charge in [0.1, 0.15) is 9.88 Å². The maximum absolute atomic E-state index is 12.4. The molecule has 2 heterocycles. The lowest BCUT2D eigenvalue weighted by Gasteiger charge is -2.12. The fraction of sp³-hybridized carbons (Fsp3) is 0.286. The van der Waals surface area contributed by atoms with Crippen molar-refractivity contribution in [1.82, 2.24) is 9.88 Å². The highest BCUT2D eigenvalue weighted by Crippen LogP contribution is 2.29. The molecule has 0 saturated carbocycles. The van der Waals surface area contributed by atoms with Crippen molar-refractivity contribution in [3.63, 3.8) is 0 Å². The Morgan fingerprint density at radius 3 is 2.79 bits per heavy atom. The van der Waals surface area contributed by atoms with Gasteiger partial charge in [0, 0.05) is 17.9 Å². The Bertz CT molecular complexity index is 589. The topological polar surface area (TPSA) is 33.2 Å². The van der Waals surface area contributed by atoms with E-state index >= 15 is 0 Å². The summed E-state index contributed by atoms with van der Waals surface area (Å²) in [5, 5.41) is 0.924. The number of aryl methyl sites for hydroxylation is 1. The number of amides is 1. The third-order valence-electron chi connectivity index (χ3n) is 3.05. The molecule has 0 N–H and O–H groups in total. The van der Waals surface area contributed by atoms with Crippen molar-refractivity contribution >= 4 is 29.0 Å². The molecule has 3 rings (SSSR count). The van der Waals surface area contributed by atoms with Gasteiger partial charge in [0.05, 0.1) is 11.6 Å². The van der Waals surface area contributed by atoms with Crippen LogP contribution in [0.3, 0.4) is 0 Å². The van der Waals surface area contributed by atoms with Crippen LogP contribution in [0.15, 0.2) is 30.3 Å². The van der Waals surface area contributed by atoms with Crippen molar-refractivity contribution in [2.45, 2.75) is 6.92 Å². The van der Waals surface area contributed by atoms with E-state index in [4.69, 9.17) is 0 Å². The smallest absolute Gasteiger partial charge is 0.266 e. The Labute approximate surface area is 120 Å². The number of aromatic nitrogens is 1. The number of carbonyl (C=O) groups is 1. The molecule has 0 radical (unpaired) electrons. The first-order chi connectivity index (χ1) is 9.25. The Hall–Kier alpha value is -1.33. The molecule has 1 saturated heterocycles. The molecule has 0 bridgehead atoms. The molecule has 3 nitrogen and oxygen atoms in total. The van der Waals surface area contributed by atoms with E-state index in [1.165, 1.54) is 11.3 Å². The molecule has 1 aromatic carbocycles. The fourth-order valence-corrected chi connectivity index (χ4v) is 4.00. The van der Waals surface area contributed by atoms with Crippen LogP contribution in [0.1, 0.15) is 15.4 Å². The molecule has 2 aromatic rings. The molecule has 98 valence electrons. The lowest BCUT2D eigenvalue weighted by molar-refractivity contribution is 0.0806. The van der Waals surface area contributed by atoms with E-state index in [1.807, 2.05) is 42.2 Å². The second kappa shape index (κ2) is 5.35. The van der Waals surface area contributed by atoms with Crippen LogP contribution in [-0.2, 0) is 0 Å². The number of carbonyl (C=O) groups excluding carboxylic acids is 1. The van der Waals surface area contributed by atoms with Crippen LogP contribution in [-0.4, -0.2) is 34.0 Å². The Kier molecular flexibility index (Phi) is 3.57. The summed E-state index contributed by atoms with van der Waals surface area (Å²) in [7, 11) is 0. The van der Waals surface area contributed by atoms with E-state index in [2.05, 4.69) is 4.98 Å². The minimum absolute atomic E-state index is 0.127. The van der Waals surface area contributed by atoms with Crippen LogP contribution in [0, 0.1) is 6.92 Å². The van der Waals surface area contributed by atoms with Gasteiger partial charge in [-0.1, -0.05) is 30.3 Å². The van der Waals surface area contributed by atoms with Gasteiger partial charge in [-0.3, -0.25) is 4.79 Å². The van der Waals surface area contributed by atoms with Gasteiger partial charge in [-0.2, -0.15) is 0 Å². The first kappa shape index (κ1) is 12.7. The lowest BCUT2D eigenvalue weighted by atomic mass is 10.2. The van der Waals surface area contributed by atoms with Crippen LogP contribution in [0.25, 0.3) is 10.6 Å². The molecule has 1 aromatic heterocycles. The van der Waals surface area contributed by atoms with Crippen LogP contribution in [0.5, 0.6) is 0 Å². The van der Waals surface area contributed by atoms with Crippen molar-refractivity contribution in [2.75, 3.05) is 18.2 Å². The summed E-state index contributed by atoms with van der Waals surface area (Å²) >= 11 is 3.30. The molecule has 0 unspecified atom stereocenters. The van der Waals surface area contributed by atoms with Crippen molar-refractivity contribution < 1.29 is 4.79 Å². The fourth-order valence-electron chi connectivity index (χ4n) is 2.02. The molecule has 0 spiro atoms. The molecule has 1 amide bonds. The van der Waals surface area contributed by atoms with Gasteiger partial charge in [0.15, 0.2) is 0 Å². The van der Waals surface area contributed by atoms with Crippen molar-refractivity contribution in [1.29, 1.82) is 0 Å². The van der Waals surface area contributed by atoms with Crippen LogP contribution >= 0.6 is 23.1 Å². The van der Waals surface area contributed by atoms with Crippen LogP contribution in [0.2, 0.25) is 0 Å². The number of benzene rings is 1. The van der Waals surface area contributed by atoms with E-state index in [0.29, 0.717) is 0 Å². The van der Waals surface area contributed by atoms with Crippen LogP contribution < -0.4 is 0 Å². The molecule has 0 aliphatic carbocycles. The predicted octanol–water partition coefficient (Wildman–Crippen LogP) is 3.27. The summed E-state index contributed by atoms with van der Waals surface area (Å²) in [4.78, 5) is 19.6. The third-order valence-corrected chi connectivity index (χ3v) is 5.21. The summed E-state index contributed by atoms with van der Waals surface area (Å²) in [6.07, 6.45) is 0. The van der Waals surface area contributed by atoms with E-state index in [-0.39, 0.29) is 5.91 Å². The summed E-state index contributed by atoms with van der Waals surface area (Å²) in [6.45, 7) is 2.76. The number of thiazole rings is 1. The molecule has 1 fully saturated rings. The summed E-state index contributed by atoms with van der Waals surface area (Å²) in [5.41, 5.74) is 1.91. The highest BCUT2D eigenvalue weighted by molar-refractivity contribution is 7.99. The molecule has 1 aliphatic rings. The van der Waals surface area contributed by atoms with Crippen molar-refractivity contribution in [2.24, 2.45) is 0 Å². The maximum atomic E-state index is 12.4. The van der Waals surface area contributed by atoms with Gasteiger partial charge in [-0.25, -0.2) is 4.98 Å². The SMILES string of the molecule is Cc1nc(-c2ccccc2)sc1C(=O)N1CCSC1. The minimum Gasteiger partial charge on any atom is -0.328 e. The van der Waals surface area contributed by atoms with E-state index < -0.39 is 0 Å². The number of hydrogen-bond donors (Lipinski definition) is 0. The third kappa shape index (κ3) is 2.53. The quantitative estimate of drug-likeness (QED) is 0.851. The molecule has 5 heteroatoms. The van der Waals surface area contributed by atoms with Gasteiger partial charge in [0.25, 0.3) is 5.91 Å². The molecule has 1 aliphatic heterocycles. The number of thioether (sulfide) groups is 1. The summed E-state index contributed by atoms with van der Waals surface area (Å²) < 4.78 is 0. The molecular formula is C14H14N2OS2.